The monoisotopic (exact) mass is 352 g/mol. The summed E-state index contributed by atoms with van der Waals surface area (Å²) in [7, 11) is 1.61. The van der Waals surface area contributed by atoms with Crippen molar-refractivity contribution < 1.29 is 9.53 Å². The molecule has 4 heteroatoms. The van der Waals surface area contributed by atoms with Gasteiger partial charge in [-0.2, -0.15) is 0 Å². The fraction of sp³-hybridized carbons (Fsp3) is 0.409. The topological polar surface area (TPSA) is 41.6 Å². The van der Waals surface area contributed by atoms with Crippen LogP contribution in [-0.2, 0) is 11.2 Å². The lowest BCUT2D eigenvalue weighted by Crippen LogP contribution is -2.32. The van der Waals surface area contributed by atoms with Gasteiger partial charge in [0.05, 0.1) is 12.8 Å². The third kappa shape index (κ3) is 4.18. The minimum Gasteiger partial charge on any atom is -0.495 e. The Morgan fingerprint density at radius 2 is 2.04 bits per heavy atom. The van der Waals surface area contributed by atoms with Gasteiger partial charge in [0.15, 0.2) is 0 Å². The number of benzene rings is 2. The van der Waals surface area contributed by atoms with Crippen LogP contribution in [0.4, 0.5) is 11.4 Å². The highest BCUT2D eigenvalue weighted by Gasteiger charge is 2.18. The van der Waals surface area contributed by atoms with Gasteiger partial charge in [-0.15, -0.1) is 0 Å². The van der Waals surface area contributed by atoms with Crippen molar-refractivity contribution in [2.75, 3.05) is 30.4 Å². The second-order valence-electron chi connectivity index (χ2n) is 7.13. The van der Waals surface area contributed by atoms with Crippen LogP contribution in [-0.4, -0.2) is 26.1 Å². The standard InChI is InChI=1S/C22H28N2O2/c1-16(2)17-10-11-20-18(15-17)7-6-13-24(20)14-12-22(25)23-19-8-4-5-9-21(19)26-3/h4-5,8-11,15-16H,6-7,12-14H2,1-3H3,(H,23,25). The van der Waals surface area contributed by atoms with E-state index in [2.05, 4.69) is 42.3 Å². The Morgan fingerprint density at radius 3 is 2.81 bits per heavy atom. The molecule has 0 spiro atoms. The SMILES string of the molecule is COc1ccccc1NC(=O)CCN1CCCc2cc(C(C)C)ccc21. The van der Waals surface area contributed by atoms with Crippen molar-refractivity contribution in [2.24, 2.45) is 0 Å². The average molecular weight is 352 g/mol. The second-order valence-corrected chi connectivity index (χ2v) is 7.13. The molecule has 0 atom stereocenters. The molecule has 0 saturated heterocycles. The molecule has 26 heavy (non-hydrogen) atoms. The number of hydrogen-bond acceptors (Lipinski definition) is 3. The molecule has 0 aliphatic carbocycles. The summed E-state index contributed by atoms with van der Waals surface area (Å²) >= 11 is 0. The molecule has 1 aliphatic heterocycles. The van der Waals surface area contributed by atoms with Crippen molar-refractivity contribution in [1.29, 1.82) is 0 Å². The van der Waals surface area contributed by atoms with Crippen LogP contribution in [0.15, 0.2) is 42.5 Å². The molecule has 0 aromatic heterocycles. The number of anilines is 2. The van der Waals surface area contributed by atoms with E-state index < -0.39 is 0 Å². The van der Waals surface area contributed by atoms with Gasteiger partial charge in [0.25, 0.3) is 0 Å². The summed E-state index contributed by atoms with van der Waals surface area (Å²) in [4.78, 5) is 14.7. The molecule has 1 aliphatic rings. The number of aryl methyl sites for hydroxylation is 1. The van der Waals surface area contributed by atoms with Crippen molar-refractivity contribution in [3.8, 4) is 5.75 Å². The van der Waals surface area contributed by atoms with Crippen LogP contribution >= 0.6 is 0 Å². The van der Waals surface area contributed by atoms with E-state index in [1.54, 1.807) is 7.11 Å². The molecule has 2 aromatic rings. The number of amides is 1. The Morgan fingerprint density at radius 1 is 1.23 bits per heavy atom. The molecule has 0 bridgehead atoms. The normalized spacial score (nSPS) is 13.5. The Bertz CT molecular complexity index is 770. The third-order valence-corrected chi connectivity index (χ3v) is 4.97. The summed E-state index contributed by atoms with van der Waals surface area (Å²) in [6.07, 6.45) is 2.73. The molecular formula is C22H28N2O2. The number of hydrogen-bond donors (Lipinski definition) is 1. The van der Waals surface area contributed by atoms with E-state index in [1.165, 1.54) is 16.8 Å². The van der Waals surface area contributed by atoms with Gasteiger partial charge in [-0.3, -0.25) is 4.79 Å². The Hall–Kier alpha value is -2.49. The van der Waals surface area contributed by atoms with E-state index in [4.69, 9.17) is 4.74 Å². The molecule has 0 unspecified atom stereocenters. The summed E-state index contributed by atoms with van der Waals surface area (Å²) in [6, 6.07) is 14.3. The zero-order valence-electron chi connectivity index (χ0n) is 15.9. The molecular weight excluding hydrogens is 324 g/mol. The van der Waals surface area contributed by atoms with Gasteiger partial charge in [-0.25, -0.2) is 0 Å². The van der Waals surface area contributed by atoms with Crippen molar-refractivity contribution in [2.45, 2.75) is 39.0 Å². The molecule has 4 nitrogen and oxygen atoms in total. The smallest absolute Gasteiger partial charge is 0.226 e. The molecule has 1 N–H and O–H groups in total. The van der Waals surface area contributed by atoms with E-state index in [-0.39, 0.29) is 5.91 Å². The van der Waals surface area contributed by atoms with Crippen LogP contribution in [0.25, 0.3) is 0 Å². The minimum absolute atomic E-state index is 0.0143. The van der Waals surface area contributed by atoms with E-state index in [0.29, 0.717) is 18.1 Å². The Labute approximate surface area is 156 Å². The molecule has 138 valence electrons. The molecule has 2 aromatic carbocycles. The first-order chi connectivity index (χ1) is 12.6. The van der Waals surface area contributed by atoms with Gasteiger partial charge in [0, 0.05) is 25.2 Å². The summed E-state index contributed by atoms with van der Waals surface area (Å²) in [5, 5.41) is 2.96. The maximum Gasteiger partial charge on any atom is 0.226 e. The predicted molar refractivity (Wildman–Crippen MR) is 107 cm³/mol. The number of fused-ring (bicyclic) bond motifs is 1. The largest absolute Gasteiger partial charge is 0.495 e. The molecule has 0 fully saturated rings. The van der Waals surface area contributed by atoms with E-state index in [0.717, 1.165) is 31.6 Å². The Kier molecular flexibility index (Phi) is 5.82. The minimum atomic E-state index is 0.0143. The van der Waals surface area contributed by atoms with Crippen LogP contribution in [0, 0.1) is 0 Å². The van der Waals surface area contributed by atoms with Crippen LogP contribution in [0.5, 0.6) is 5.75 Å². The highest BCUT2D eigenvalue weighted by atomic mass is 16.5. The zero-order chi connectivity index (χ0) is 18.5. The first-order valence-electron chi connectivity index (χ1n) is 9.39. The van der Waals surface area contributed by atoms with Crippen LogP contribution < -0.4 is 15.0 Å². The summed E-state index contributed by atoms with van der Waals surface area (Å²) in [6.45, 7) is 6.19. The molecule has 1 amide bonds. The van der Waals surface area contributed by atoms with E-state index in [1.807, 2.05) is 24.3 Å². The third-order valence-electron chi connectivity index (χ3n) is 4.97. The maximum absolute atomic E-state index is 12.4. The lowest BCUT2D eigenvalue weighted by molar-refractivity contribution is -0.116. The second kappa shape index (κ2) is 8.26. The number of nitrogens with zero attached hydrogens (tertiary/aromatic N) is 1. The van der Waals surface area contributed by atoms with Gasteiger partial charge in [0.2, 0.25) is 5.91 Å². The van der Waals surface area contributed by atoms with Crippen molar-refractivity contribution in [1.82, 2.24) is 0 Å². The number of rotatable bonds is 6. The van der Waals surface area contributed by atoms with Crippen molar-refractivity contribution in [3.05, 3.63) is 53.6 Å². The van der Waals surface area contributed by atoms with Gasteiger partial charge < -0.3 is 15.0 Å². The van der Waals surface area contributed by atoms with E-state index >= 15 is 0 Å². The highest BCUT2D eigenvalue weighted by molar-refractivity contribution is 5.92. The van der Waals surface area contributed by atoms with E-state index in [9.17, 15) is 4.79 Å². The lowest BCUT2D eigenvalue weighted by atomic mass is 9.94. The first-order valence-corrected chi connectivity index (χ1v) is 9.39. The van der Waals surface area contributed by atoms with Gasteiger partial charge in [0.1, 0.15) is 5.75 Å². The number of ether oxygens (including phenoxy) is 1. The maximum atomic E-state index is 12.4. The van der Waals surface area contributed by atoms with Crippen LogP contribution in [0.2, 0.25) is 0 Å². The lowest BCUT2D eigenvalue weighted by Gasteiger charge is -2.32. The summed E-state index contributed by atoms with van der Waals surface area (Å²) < 4.78 is 5.29. The molecule has 1 heterocycles. The molecule has 0 saturated carbocycles. The number of methoxy groups -OCH3 is 1. The van der Waals surface area contributed by atoms with Gasteiger partial charge >= 0.3 is 0 Å². The zero-order valence-corrected chi connectivity index (χ0v) is 15.9. The van der Waals surface area contributed by atoms with Gasteiger partial charge in [-0.05, 0) is 48.1 Å². The fourth-order valence-electron chi connectivity index (χ4n) is 3.48. The molecule has 0 radical (unpaired) electrons. The summed E-state index contributed by atoms with van der Waals surface area (Å²) in [5.74, 6) is 1.24. The highest BCUT2D eigenvalue weighted by Crippen LogP contribution is 2.30. The fourth-order valence-corrected chi connectivity index (χ4v) is 3.48. The van der Waals surface area contributed by atoms with Gasteiger partial charge in [-0.1, -0.05) is 38.1 Å². The first kappa shape index (κ1) is 18.3. The Balaban J connectivity index is 1.63. The number of carbonyl (C=O) groups excluding carboxylic acids is 1. The average Bonchev–Trinajstić information content (AvgIpc) is 2.66. The molecule has 3 rings (SSSR count). The number of para-hydroxylation sites is 2. The number of carbonyl (C=O) groups is 1. The number of nitrogens with one attached hydrogen (secondary N) is 1. The quantitative estimate of drug-likeness (QED) is 0.826. The summed E-state index contributed by atoms with van der Waals surface area (Å²) in [5.41, 5.74) is 4.80. The predicted octanol–water partition coefficient (Wildman–Crippen LogP) is 4.60. The van der Waals surface area contributed by atoms with Crippen molar-refractivity contribution >= 4 is 17.3 Å². The van der Waals surface area contributed by atoms with Crippen LogP contribution in [0.3, 0.4) is 0 Å². The van der Waals surface area contributed by atoms with Crippen molar-refractivity contribution in [3.63, 3.8) is 0 Å². The van der Waals surface area contributed by atoms with Crippen LogP contribution in [0.1, 0.15) is 43.7 Å².